The van der Waals surface area contributed by atoms with Crippen LogP contribution in [0.4, 0.5) is 0 Å². The predicted molar refractivity (Wildman–Crippen MR) is 90.2 cm³/mol. The van der Waals surface area contributed by atoms with Crippen LogP contribution in [0.2, 0.25) is 0 Å². The predicted octanol–water partition coefficient (Wildman–Crippen LogP) is 1.31. The Bertz CT molecular complexity index is 606. The van der Waals surface area contributed by atoms with E-state index in [-0.39, 0.29) is 11.7 Å². The molecule has 8 heteroatoms. The number of sulfonamides is 1. The van der Waals surface area contributed by atoms with Crippen molar-refractivity contribution in [2.45, 2.75) is 58.5 Å². The second kappa shape index (κ2) is 7.27. The summed E-state index contributed by atoms with van der Waals surface area (Å²) in [5.41, 5.74) is 6.26. The minimum atomic E-state index is -3.12. The van der Waals surface area contributed by atoms with Crippen LogP contribution in [-0.2, 0) is 22.1 Å². The minimum Gasteiger partial charge on any atom is -0.320 e. The summed E-state index contributed by atoms with van der Waals surface area (Å²) in [5, 5.41) is 8.25. The van der Waals surface area contributed by atoms with Gasteiger partial charge in [-0.3, -0.25) is 4.68 Å². The molecule has 0 aliphatic carbocycles. The minimum absolute atomic E-state index is 0.255. The lowest BCUT2D eigenvalue weighted by Gasteiger charge is -2.31. The molecule has 1 aromatic heterocycles. The summed E-state index contributed by atoms with van der Waals surface area (Å²) in [6, 6.07) is 0. The van der Waals surface area contributed by atoms with Gasteiger partial charge in [-0.25, -0.2) is 12.7 Å². The molecule has 2 heterocycles. The van der Waals surface area contributed by atoms with Crippen LogP contribution in [0.3, 0.4) is 0 Å². The molecule has 1 aromatic rings. The molecule has 1 fully saturated rings. The number of aromatic nitrogens is 3. The first kappa shape index (κ1) is 18.4. The van der Waals surface area contributed by atoms with Gasteiger partial charge in [-0.2, -0.15) is 0 Å². The third-order valence-electron chi connectivity index (χ3n) is 4.28. The van der Waals surface area contributed by atoms with Crippen LogP contribution < -0.4 is 5.73 Å². The molecular weight excluding hydrogens is 314 g/mol. The lowest BCUT2D eigenvalue weighted by molar-refractivity contribution is 0.238. The smallest absolute Gasteiger partial charge is 0.214 e. The Kier molecular flexibility index (Phi) is 5.80. The Morgan fingerprint density at radius 3 is 2.78 bits per heavy atom. The maximum atomic E-state index is 12.4. The van der Waals surface area contributed by atoms with E-state index in [0.717, 1.165) is 31.4 Å². The normalized spacial score (nSPS) is 20.8. The van der Waals surface area contributed by atoms with Crippen molar-refractivity contribution in [2.24, 2.45) is 11.7 Å². The van der Waals surface area contributed by atoms with Gasteiger partial charge in [0.1, 0.15) is 5.69 Å². The highest BCUT2D eigenvalue weighted by atomic mass is 32.2. The van der Waals surface area contributed by atoms with E-state index in [1.54, 1.807) is 8.99 Å². The summed E-state index contributed by atoms with van der Waals surface area (Å²) in [6.45, 7) is 7.70. The molecule has 0 amide bonds. The summed E-state index contributed by atoms with van der Waals surface area (Å²) < 4.78 is 28.1. The third-order valence-corrected chi connectivity index (χ3v) is 6.20. The molecule has 0 spiro atoms. The van der Waals surface area contributed by atoms with Crippen molar-refractivity contribution >= 4 is 10.0 Å². The number of hydrogen-bond acceptors (Lipinski definition) is 5. The molecule has 2 N–H and O–H groups in total. The molecule has 1 aliphatic heterocycles. The van der Waals surface area contributed by atoms with Crippen molar-refractivity contribution in [3.8, 4) is 0 Å². The molecule has 0 aromatic carbocycles. The molecule has 0 radical (unpaired) electrons. The monoisotopic (exact) mass is 343 g/mol. The highest BCUT2D eigenvalue weighted by molar-refractivity contribution is 7.89. The zero-order valence-electron chi connectivity index (χ0n) is 14.4. The van der Waals surface area contributed by atoms with E-state index in [4.69, 9.17) is 5.73 Å². The second-order valence-corrected chi connectivity index (χ2v) is 9.17. The van der Waals surface area contributed by atoms with Crippen LogP contribution >= 0.6 is 0 Å². The van der Waals surface area contributed by atoms with Gasteiger partial charge in [-0.1, -0.05) is 18.6 Å². The second-order valence-electron chi connectivity index (χ2n) is 7.08. The lowest BCUT2D eigenvalue weighted by Crippen LogP contribution is -2.42. The molecule has 0 unspecified atom stereocenters. The van der Waals surface area contributed by atoms with Crippen LogP contribution in [0.5, 0.6) is 0 Å². The van der Waals surface area contributed by atoms with Crippen molar-refractivity contribution < 1.29 is 8.42 Å². The summed E-state index contributed by atoms with van der Waals surface area (Å²) in [6.07, 6.45) is 5.40. The summed E-state index contributed by atoms with van der Waals surface area (Å²) in [5.74, 6) is 0.529. The van der Waals surface area contributed by atoms with Gasteiger partial charge < -0.3 is 5.73 Å². The van der Waals surface area contributed by atoms with Gasteiger partial charge in [0, 0.05) is 19.6 Å². The fourth-order valence-corrected chi connectivity index (χ4v) is 4.59. The molecule has 23 heavy (non-hydrogen) atoms. The summed E-state index contributed by atoms with van der Waals surface area (Å²) >= 11 is 0. The number of nitrogens with zero attached hydrogens (tertiary/aromatic N) is 4. The Labute approximate surface area is 139 Å². The van der Waals surface area contributed by atoms with Gasteiger partial charge in [0.2, 0.25) is 10.0 Å². The number of unbranched alkanes of at least 4 members (excludes halogenated alkanes) is 1. The standard InChI is InChI=1S/C15H29N5O2S/c1-4-5-9-23(21,22)20-8-6-7-13(11-20)10-19-12-14(17-18-19)15(2,3)16/h12-13H,4-11,16H2,1-3H3/t13-/m1/s1. The molecular formula is C15H29N5O2S. The average Bonchev–Trinajstić information content (AvgIpc) is 2.94. The first-order valence-corrected chi connectivity index (χ1v) is 10.0. The Balaban J connectivity index is 1.98. The third kappa shape index (κ3) is 4.99. The van der Waals surface area contributed by atoms with E-state index in [1.165, 1.54) is 0 Å². The molecule has 7 nitrogen and oxygen atoms in total. The fraction of sp³-hybridized carbons (Fsp3) is 0.867. The fourth-order valence-electron chi connectivity index (χ4n) is 2.83. The molecule has 1 saturated heterocycles. The molecule has 2 rings (SSSR count). The van der Waals surface area contributed by atoms with Crippen LogP contribution in [0, 0.1) is 5.92 Å². The Morgan fingerprint density at radius 1 is 1.43 bits per heavy atom. The lowest BCUT2D eigenvalue weighted by atomic mass is 9.99. The van der Waals surface area contributed by atoms with Crippen molar-refractivity contribution in [3.05, 3.63) is 11.9 Å². The quantitative estimate of drug-likeness (QED) is 0.805. The maximum absolute atomic E-state index is 12.4. The van der Waals surface area contributed by atoms with E-state index < -0.39 is 15.6 Å². The van der Waals surface area contributed by atoms with Gasteiger partial charge in [-0.05, 0) is 39.0 Å². The van der Waals surface area contributed by atoms with E-state index in [2.05, 4.69) is 10.3 Å². The topological polar surface area (TPSA) is 94.1 Å². The van der Waals surface area contributed by atoms with Crippen LogP contribution in [0.15, 0.2) is 6.20 Å². The van der Waals surface area contributed by atoms with E-state index in [9.17, 15) is 8.42 Å². The van der Waals surface area contributed by atoms with Crippen molar-refractivity contribution in [1.29, 1.82) is 0 Å². The number of hydrogen-bond donors (Lipinski definition) is 1. The largest absolute Gasteiger partial charge is 0.320 e. The maximum Gasteiger partial charge on any atom is 0.214 e. The first-order chi connectivity index (χ1) is 10.7. The Hall–Kier alpha value is -0.990. The van der Waals surface area contributed by atoms with Crippen molar-refractivity contribution in [3.63, 3.8) is 0 Å². The SMILES string of the molecule is CCCCS(=O)(=O)N1CCC[C@H](Cn2cc(C(C)(C)N)nn2)C1. The Morgan fingerprint density at radius 2 is 2.17 bits per heavy atom. The van der Waals surface area contributed by atoms with Crippen LogP contribution in [0.25, 0.3) is 0 Å². The molecule has 0 bridgehead atoms. The average molecular weight is 343 g/mol. The zero-order valence-corrected chi connectivity index (χ0v) is 15.2. The van der Waals surface area contributed by atoms with Gasteiger partial charge in [0.15, 0.2) is 0 Å². The molecule has 1 atom stereocenters. The highest BCUT2D eigenvalue weighted by Crippen LogP contribution is 2.22. The first-order valence-electron chi connectivity index (χ1n) is 8.39. The van der Waals surface area contributed by atoms with Gasteiger partial charge in [0.05, 0.1) is 17.5 Å². The molecule has 132 valence electrons. The van der Waals surface area contributed by atoms with Gasteiger partial charge >= 0.3 is 0 Å². The van der Waals surface area contributed by atoms with E-state index >= 15 is 0 Å². The van der Waals surface area contributed by atoms with Gasteiger partial charge in [0.25, 0.3) is 0 Å². The zero-order chi connectivity index (χ0) is 17.1. The summed E-state index contributed by atoms with van der Waals surface area (Å²) in [4.78, 5) is 0. The van der Waals surface area contributed by atoms with E-state index in [0.29, 0.717) is 19.6 Å². The van der Waals surface area contributed by atoms with Crippen LogP contribution in [0.1, 0.15) is 52.1 Å². The van der Waals surface area contributed by atoms with Crippen molar-refractivity contribution in [2.75, 3.05) is 18.8 Å². The number of rotatable bonds is 7. The van der Waals surface area contributed by atoms with Gasteiger partial charge in [-0.15, -0.1) is 5.10 Å². The number of nitrogens with two attached hydrogens (primary N) is 1. The summed E-state index contributed by atoms with van der Waals surface area (Å²) in [7, 11) is -3.12. The molecule has 1 aliphatic rings. The van der Waals surface area contributed by atoms with Crippen LogP contribution in [-0.4, -0.2) is 46.6 Å². The highest BCUT2D eigenvalue weighted by Gasteiger charge is 2.29. The molecule has 0 saturated carbocycles. The number of piperidine rings is 1. The van der Waals surface area contributed by atoms with Crippen molar-refractivity contribution in [1.82, 2.24) is 19.3 Å². The van der Waals surface area contributed by atoms with E-state index in [1.807, 2.05) is 27.0 Å².